The second-order valence-electron chi connectivity index (χ2n) is 5.31. The van der Waals surface area contributed by atoms with Crippen molar-refractivity contribution in [3.8, 4) is 5.75 Å². The number of anilines is 1. The number of hydrogen-bond donors (Lipinski definition) is 1. The fraction of sp³-hybridized carbons (Fsp3) is 0.278. The first-order valence-corrected chi connectivity index (χ1v) is 7.12. The number of benzene rings is 2. The Balaban J connectivity index is 2.01. The highest BCUT2D eigenvalue weighted by atomic mass is 16.5. The summed E-state index contributed by atoms with van der Waals surface area (Å²) in [6.45, 7) is 4.30. The van der Waals surface area contributed by atoms with Gasteiger partial charge in [0.05, 0.1) is 13.5 Å². The van der Waals surface area contributed by atoms with E-state index in [1.165, 1.54) is 5.56 Å². The molecule has 0 atom stereocenters. The van der Waals surface area contributed by atoms with Gasteiger partial charge in [-0.1, -0.05) is 44.2 Å². The van der Waals surface area contributed by atoms with Crippen LogP contribution in [-0.2, 0) is 11.2 Å². The van der Waals surface area contributed by atoms with Gasteiger partial charge in [0.15, 0.2) is 0 Å². The van der Waals surface area contributed by atoms with Gasteiger partial charge in [0.1, 0.15) is 5.75 Å². The molecular formula is C18H21NO2. The fourth-order valence-corrected chi connectivity index (χ4v) is 2.18. The van der Waals surface area contributed by atoms with Gasteiger partial charge in [-0.3, -0.25) is 4.79 Å². The lowest BCUT2D eigenvalue weighted by Gasteiger charge is -2.10. The third-order valence-electron chi connectivity index (χ3n) is 3.40. The van der Waals surface area contributed by atoms with Crippen LogP contribution in [0, 0.1) is 0 Å². The SMILES string of the molecule is COc1ccccc1CC(=O)Nc1ccc(C(C)C)cc1. The average Bonchev–Trinajstić information content (AvgIpc) is 2.48. The van der Waals surface area contributed by atoms with E-state index in [0.717, 1.165) is 17.0 Å². The van der Waals surface area contributed by atoms with Crippen LogP contribution >= 0.6 is 0 Å². The van der Waals surface area contributed by atoms with Gasteiger partial charge >= 0.3 is 0 Å². The molecule has 0 unspecified atom stereocenters. The van der Waals surface area contributed by atoms with Gasteiger partial charge in [0.25, 0.3) is 0 Å². The molecule has 0 aliphatic carbocycles. The zero-order valence-corrected chi connectivity index (χ0v) is 12.7. The summed E-state index contributed by atoms with van der Waals surface area (Å²) in [4.78, 5) is 12.1. The summed E-state index contributed by atoms with van der Waals surface area (Å²) in [6, 6.07) is 15.5. The third-order valence-corrected chi connectivity index (χ3v) is 3.40. The topological polar surface area (TPSA) is 38.3 Å². The molecule has 0 saturated carbocycles. The highest BCUT2D eigenvalue weighted by molar-refractivity contribution is 5.92. The lowest BCUT2D eigenvalue weighted by molar-refractivity contribution is -0.115. The number of carbonyl (C=O) groups is 1. The summed E-state index contributed by atoms with van der Waals surface area (Å²) >= 11 is 0. The van der Waals surface area contributed by atoms with E-state index in [2.05, 4.69) is 19.2 Å². The summed E-state index contributed by atoms with van der Waals surface area (Å²) in [5, 5.41) is 2.91. The zero-order valence-electron chi connectivity index (χ0n) is 12.7. The molecule has 2 aromatic carbocycles. The Morgan fingerprint density at radius 2 is 1.76 bits per heavy atom. The summed E-state index contributed by atoms with van der Waals surface area (Å²) in [5.74, 6) is 1.18. The fourth-order valence-electron chi connectivity index (χ4n) is 2.18. The molecule has 0 radical (unpaired) electrons. The van der Waals surface area contributed by atoms with E-state index in [1.807, 2.05) is 48.5 Å². The van der Waals surface area contributed by atoms with Crippen LogP contribution in [0.4, 0.5) is 5.69 Å². The minimum Gasteiger partial charge on any atom is -0.496 e. The van der Waals surface area contributed by atoms with Gasteiger partial charge < -0.3 is 10.1 Å². The van der Waals surface area contributed by atoms with Crippen molar-refractivity contribution in [2.24, 2.45) is 0 Å². The number of hydrogen-bond acceptors (Lipinski definition) is 2. The van der Waals surface area contributed by atoms with Gasteiger partial charge in [-0.15, -0.1) is 0 Å². The van der Waals surface area contributed by atoms with Gasteiger partial charge in [-0.2, -0.15) is 0 Å². The van der Waals surface area contributed by atoms with Gasteiger partial charge in [-0.05, 0) is 29.7 Å². The van der Waals surface area contributed by atoms with E-state index in [0.29, 0.717) is 12.3 Å². The first-order valence-electron chi connectivity index (χ1n) is 7.12. The Labute approximate surface area is 126 Å². The van der Waals surface area contributed by atoms with Crippen molar-refractivity contribution >= 4 is 11.6 Å². The van der Waals surface area contributed by atoms with Gasteiger partial charge in [0, 0.05) is 11.3 Å². The van der Waals surface area contributed by atoms with E-state index in [-0.39, 0.29) is 5.91 Å². The summed E-state index contributed by atoms with van der Waals surface area (Å²) in [7, 11) is 1.61. The smallest absolute Gasteiger partial charge is 0.228 e. The van der Waals surface area contributed by atoms with Crippen LogP contribution in [0.5, 0.6) is 5.75 Å². The second-order valence-corrected chi connectivity index (χ2v) is 5.31. The van der Waals surface area contributed by atoms with E-state index in [4.69, 9.17) is 4.74 Å². The molecule has 0 aromatic heterocycles. The number of amides is 1. The van der Waals surface area contributed by atoms with Crippen LogP contribution in [0.15, 0.2) is 48.5 Å². The van der Waals surface area contributed by atoms with Crippen LogP contribution in [0.1, 0.15) is 30.9 Å². The number of nitrogens with one attached hydrogen (secondary N) is 1. The van der Waals surface area contributed by atoms with Crippen LogP contribution in [-0.4, -0.2) is 13.0 Å². The van der Waals surface area contributed by atoms with E-state index >= 15 is 0 Å². The van der Waals surface area contributed by atoms with Crippen LogP contribution in [0.3, 0.4) is 0 Å². The number of ether oxygens (including phenoxy) is 1. The monoisotopic (exact) mass is 283 g/mol. The molecule has 2 aromatic rings. The highest BCUT2D eigenvalue weighted by Gasteiger charge is 2.08. The standard InChI is InChI=1S/C18H21NO2/c1-13(2)14-8-10-16(11-9-14)19-18(20)12-15-6-4-5-7-17(15)21-3/h4-11,13H,12H2,1-3H3,(H,19,20). The molecule has 0 aliphatic heterocycles. The summed E-state index contributed by atoms with van der Waals surface area (Å²) in [5.41, 5.74) is 2.97. The maximum absolute atomic E-state index is 12.1. The van der Waals surface area contributed by atoms with Crippen LogP contribution in [0.25, 0.3) is 0 Å². The third kappa shape index (κ3) is 4.09. The molecule has 3 heteroatoms. The highest BCUT2D eigenvalue weighted by Crippen LogP contribution is 2.20. The van der Waals surface area contributed by atoms with E-state index in [9.17, 15) is 4.79 Å². The van der Waals surface area contributed by atoms with E-state index < -0.39 is 0 Å². The molecule has 0 spiro atoms. The number of rotatable bonds is 5. The zero-order chi connectivity index (χ0) is 15.2. The Hall–Kier alpha value is -2.29. The minimum atomic E-state index is -0.0446. The van der Waals surface area contributed by atoms with Crippen molar-refractivity contribution in [3.63, 3.8) is 0 Å². The maximum atomic E-state index is 12.1. The van der Waals surface area contributed by atoms with Crippen molar-refractivity contribution in [3.05, 3.63) is 59.7 Å². The van der Waals surface area contributed by atoms with Crippen molar-refractivity contribution in [2.75, 3.05) is 12.4 Å². The molecule has 0 saturated heterocycles. The number of methoxy groups -OCH3 is 1. The Bertz CT molecular complexity index is 603. The molecule has 3 nitrogen and oxygen atoms in total. The molecule has 1 amide bonds. The van der Waals surface area contributed by atoms with Gasteiger partial charge in [0.2, 0.25) is 5.91 Å². The molecular weight excluding hydrogens is 262 g/mol. The molecule has 0 bridgehead atoms. The van der Waals surface area contributed by atoms with Crippen LogP contribution in [0.2, 0.25) is 0 Å². The minimum absolute atomic E-state index is 0.0446. The number of para-hydroxylation sites is 1. The van der Waals surface area contributed by atoms with Crippen LogP contribution < -0.4 is 10.1 Å². The quantitative estimate of drug-likeness (QED) is 0.900. The molecule has 110 valence electrons. The summed E-state index contributed by atoms with van der Waals surface area (Å²) < 4.78 is 5.26. The normalized spacial score (nSPS) is 10.5. The summed E-state index contributed by atoms with van der Waals surface area (Å²) in [6.07, 6.45) is 0.302. The van der Waals surface area contributed by atoms with Gasteiger partial charge in [-0.25, -0.2) is 0 Å². The molecule has 2 rings (SSSR count). The maximum Gasteiger partial charge on any atom is 0.228 e. The molecule has 0 fully saturated rings. The van der Waals surface area contributed by atoms with E-state index in [1.54, 1.807) is 7.11 Å². The Kier molecular flexibility index (Phi) is 4.99. The molecule has 21 heavy (non-hydrogen) atoms. The Morgan fingerprint density at radius 1 is 1.10 bits per heavy atom. The molecule has 0 aliphatic rings. The lowest BCUT2D eigenvalue weighted by Crippen LogP contribution is -2.14. The predicted molar refractivity (Wildman–Crippen MR) is 85.9 cm³/mol. The van der Waals surface area contributed by atoms with Crippen molar-refractivity contribution in [1.82, 2.24) is 0 Å². The molecule has 0 heterocycles. The second kappa shape index (κ2) is 6.93. The predicted octanol–water partition coefficient (Wildman–Crippen LogP) is 4.00. The first-order chi connectivity index (χ1) is 10.1. The molecule has 1 N–H and O–H groups in total. The largest absolute Gasteiger partial charge is 0.496 e. The average molecular weight is 283 g/mol. The Morgan fingerprint density at radius 3 is 2.38 bits per heavy atom. The van der Waals surface area contributed by atoms with Crippen molar-refractivity contribution in [2.45, 2.75) is 26.2 Å². The lowest BCUT2D eigenvalue weighted by atomic mass is 10.0. The number of carbonyl (C=O) groups excluding carboxylic acids is 1. The first kappa shape index (κ1) is 15.1. The van der Waals surface area contributed by atoms with Crippen molar-refractivity contribution in [1.29, 1.82) is 0 Å². The van der Waals surface area contributed by atoms with Crippen molar-refractivity contribution < 1.29 is 9.53 Å².